The maximum Gasteiger partial charge on any atom is 0.481 e. The molecule has 2 unspecified atom stereocenters. The van der Waals surface area contributed by atoms with Gasteiger partial charge in [-0.05, 0) is 85.5 Å². The first-order valence-electron chi connectivity index (χ1n) is 23.9. The van der Waals surface area contributed by atoms with Gasteiger partial charge in [0.15, 0.2) is 28.6 Å². The van der Waals surface area contributed by atoms with E-state index in [1.165, 1.54) is 31.2 Å². The molecular weight excluding hydrogens is 1030 g/mol. The van der Waals surface area contributed by atoms with Gasteiger partial charge in [-0.15, -0.1) is 0 Å². The molecule has 1 aliphatic heterocycles. The number of allylic oxidation sites excluding steroid dienone is 1. The number of thioether (sulfide) groups is 1. The second-order valence-corrected chi connectivity index (χ2v) is 26.1. The fourth-order valence-corrected chi connectivity index (χ4v) is 15.7. The minimum absolute atomic E-state index is 0.0304. The molecule has 0 bridgehead atoms. The smallest absolute Gasteiger partial charge is 0.386 e. The molecule has 2 aromatic rings. The fourth-order valence-electron chi connectivity index (χ4n) is 12.0. The molecule has 29 heteroatoms. The molecule has 14 atom stereocenters. The third-order valence-corrected chi connectivity index (χ3v) is 19.9. The van der Waals surface area contributed by atoms with Crippen LogP contribution in [0.4, 0.5) is 5.82 Å². The number of rotatable bonds is 21. The number of ketones is 1. The van der Waals surface area contributed by atoms with Crippen molar-refractivity contribution in [2.24, 2.45) is 45.8 Å². The number of carbonyl (C=O) groups excluding carboxylic acids is 4. The summed E-state index contributed by atoms with van der Waals surface area (Å²) in [7, 11) is -16.5. The number of aromatic nitrogens is 4. The van der Waals surface area contributed by atoms with Gasteiger partial charge in [0, 0.05) is 43.0 Å². The Balaban J connectivity index is 0.803. The predicted molar refractivity (Wildman–Crippen MR) is 256 cm³/mol. The highest BCUT2D eigenvalue weighted by Gasteiger charge is 2.60. The van der Waals surface area contributed by atoms with Gasteiger partial charge in [0.1, 0.15) is 36.3 Å². The highest BCUT2D eigenvalue weighted by atomic mass is 32.2. The van der Waals surface area contributed by atoms with E-state index in [2.05, 4.69) is 48.3 Å². The molecule has 1 saturated heterocycles. The van der Waals surface area contributed by atoms with Crippen molar-refractivity contribution < 1.29 is 85.3 Å². The minimum Gasteiger partial charge on any atom is -0.386 e. The maximum absolute atomic E-state index is 13.5. The molecule has 3 heterocycles. The summed E-state index contributed by atoms with van der Waals surface area (Å²) < 4.78 is 62.8. The second kappa shape index (κ2) is 21.9. The second-order valence-electron chi connectivity index (χ2n) is 20.7. The number of nitrogens with two attached hydrogens (primary N) is 1. The Kier molecular flexibility index (Phi) is 17.2. The van der Waals surface area contributed by atoms with Gasteiger partial charge in [0.25, 0.3) is 0 Å². The van der Waals surface area contributed by atoms with E-state index in [1.54, 1.807) is 0 Å². The van der Waals surface area contributed by atoms with Crippen LogP contribution in [0.25, 0.3) is 11.2 Å². The molecule has 2 aromatic heterocycles. The number of imidazole rings is 1. The largest absolute Gasteiger partial charge is 0.481 e. The van der Waals surface area contributed by atoms with Gasteiger partial charge in [0.05, 0.1) is 19.5 Å². The van der Waals surface area contributed by atoms with E-state index in [9.17, 15) is 62.7 Å². The van der Waals surface area contributed by atoms with Crippen LogP contribution in [0.5, 0.6) is 0 Å². The van der Waals surface area contributed by atoms with Crippen LogP contribution in [0.2, 0.25) is 0 Å². The Morgan fingerprint density at radius 1 is 0.986 bits per heavy atom. The van der Waals surface area contributed by atoms with Gasteiger partial charge < -0.3 is 50.9 Å². The van der Waals surface area contributed by atoms with Crippen molar-refractivity contribution in [1.29, 1.82) is 0 Å². The van der Waals surface area contributed by atoms with Crippen LogP contribution in [0.1, 0.15) is 98.6 Å². The van der Waals surface area contributed by atoms with Crippen molar-refractivity contribution in [2.45, 2.75) is 123 Å². The number of ether oxygens (including phenoxy) is 1. The molecule has 402 valence electrons. The number of nitrogen functional groups attached to an aromatic ring is 1. The lowest BCUT2D eigenvalue weighted by Gasteiger charge is -2.58. The lowest BCUT2D eigenvalue weighted by molar-refractivity contribution is -0.137. The Hall–Kier alpha value is -3.03. The lowest BCUT2D eigenvalue weighted by Crippen LogP contribution is -2.51. The van der Waals surface area contributed by atoms with E-state index in [4.69, 9.17) is 19.5 Å². The number of hydrogen-bond donors (Lipinski definition) is 9. The molecule has 7 rings (SSSR count). The van der Waals surface area contributed by atoms with Crippen LogP contribution in [0.15, 0.2) is 24.3 Å². The van der Waals surface area contributed by atoms with Gasteiger partial charge in [-0.2, -0.15) is 4.31 Å². The number of anilines is 1. The van der Waals surface area contributed by atoms with E-state index in [-0.39, 0.29) is 70.1 Å². The van der Waals surface area contributed by atoms with Crippen LogP contribution in [0.3, 0.4) is 0 Å². The topological polar surface area (TPSA) is 381 Å². The van der Waals surface area contributed by atoms with Crippen molar-refractivity contribution >= 4 is 74.9 Å². The Morgan fingerprint density at radius 2 is 1.71 bits per heavy atom. The summed E-state index contributed by atoms with van der Waals surface area (Å²) in [5.74, 6) is 1.04. The summed E-state index contributed by atoms with van der Waals surface area (Å²) in [6.45, 7) is 7.31. The van der Waals surface area contributed by atoms with E-state index in [0.29, 0.717) is 29.9 Å². The highest BCUT2D eigenvalue weighted by molar-refractivity contribution is 8.13. The summed E-state index contributed by atoms with van der Waals surface area (Å²) in [6.07, 6.45) is 2.94. The monoisotopic (exact) mass is 1090 g/mol. The number of phosphoric ester groups is 3. The van der Waals surface area contributed by atoms with Crippen LogP contribution in [0, 0.1) is 45.8 Å². The summed E-state index contributed by atoms with van der Waals surface area (Å²) in [4.78, 5) is 103. The third-order valence-electron chi connectivity index (χ3n) is 15.8. The van der Waals surface area contributed by atoms with E-state index < -0.39 is 84.6 Å². The van der Waals surface area contributed by atoms with E-state index in [1.807, 2.05) is 13.0 Å². The zero-order valence-corrected chi connectivity index (χ0v) is 44.1. The Bertz CT molecular complexity index is 2570. The van der Waals surface area contributed by atoms with Crippen LogP contribution in [-0.4, -0.2) is 128 Å². The number of aliphatic hydroxyl groups excluding tert-OH is 2. The Morgan fingerprint density at radius 3 is 2.43 bits per heavy atom. The van der Waals surface area contributed by atoms with Crippen LogP contribution in [-0.2, 0) is 55.5 Å². The molecule has 4 fully saturated rings. The summed E-state index contributed by atoms with van der Waals surface area (Å²) >= 11 is 1.20. The normalized spacial score (nSPS) is 32.1. The first-order chi connectivity index (χ1) is 33.6. The molecule has 0 radical (unpaired) electrons. The first kappa shape index (κ1) is 56.7. The highest BCUT2D eigenvalue weighted by Crippen LogP contribution is 2.68. The van der Waals surface area contributed by atoms with Crippen LogP contribution >= 0.6 is 35.2 Å². The standard InChI is InChI=1S/C43H66N7O18P3S/c1-23(27-8-9-28-26-7-6-24-18-25(51)10-13-42(24,4)29(26)11-14-43(27,28)5)40(56)72-17-16-45-31(52)12-15-46-38(55)35(54)41(2,3)20-65-71(62,63)68-70(60,61)64-19-30-34(67-69(57,58)59)33(53)39(66-30)50-22-49-32-36(44)47-21-48-37(32)50/h18,21-23,26-30,33-35,39,53-54H,6-17,19-20H2,1-5H3,(H,45,52)(H,46,55)(H,60,61)(H,62,63)(H2,44,47,48)(H2,57,58,59)/t23-,26-,27+,28-,29-,30+,33+,34+,35-,39+,42-,43+/m0/s1. The molecule has 0 spiro atoms. The Labute approximate surface area is 420 Å². The van der Waals surface area contributed by atoms with Gasteiger partial charge in [-0.25, -0.2) is 28.6 Å². The molecule has 3 saturated carbocycles. The molecule has 25 nitrogen and oxygen atoms in total. The number of nitrogens with one attached hydrogen (secondary N) is 2. The van der Waals surface area contributed by atoms with E-state index >= 15 is 0 Å². The van der Waals surface area contributed by atoms with Gasteiger partial charge in [-0.3, -0.25) is 37.3 Å². The number of carbonyl (C=O) groups is 4. The van der Waals surface area contributed by atoms with Gasteiger partial charge in [0.2, 0.25) is 11.8 Å². The predicted octanol–water partition coefficient (Wildman–Crippen LogP) is 3.45. The van der Waals surface area contributed by atoms with Crippen molar-refractivity contribution in [3.63, 3.8) is 0 Å². The number of phosphoric acid groups is 3. The first-order valence-corrected chi connectivity index (χ1v) is 29.4. The number of amides is 2. The molecule has 10 N–H and O–H groups in total. The zero-order valence-electron chi connectivity index (χ0n) is 40.6. The fraction of sp³-hybridized carbons (Fsp3) is 0.744. The van der Waals surface area contributed by atoms with Crippen molar-refractivity contribution in [3.05, 3.63) is 24.3 Å². The minimum atomic E-state index is -5.59. The quantitative estimate of drug-likeness (QED) is 0.0638. The molecule has 2 amide bonds. The molecular formula is C43H66N7O18P3S. The van der Waals surface area contributed by atoms with Crippen molar-refractivity contribution in [2.75, 3.05) is 37.8 Å². The molecule has 0 aromatic carbocycles. The van der Waals surface area contributed by atoms with Crippen LogP contribution < -0.4 is 16.4 Å². The number of hydrogen-bond acceptors (Lipinski definition) is 19. The molecule has 5 aliphatic rings. The maximum atomic E-state index is 13.5. The number of aliphatic hydroxyl groups is 2. The summed E-state index contributed by atoms with van der Waals surface area (Å²) in [5.41, 5.74) is 5.79. The molecule has 72 heavy (non-hydrogen) atoms. The van der Waals surface area contributed by atoms with E-state index in [0.717, 1.165) is 62.2 Å². The van der Waals surface area contributed by atoms with Crippen molar-refractivity contribution in [3.8, 4) is 0 Å². The summed E-state index contributed by atoms with van der Waals surface area (Å²) in [6, 6.07) is 0. The average Bonchev–Trinajstić information content (AvgIpc) is 3.98. The number of fused-ring (bicyclic) bond motifs is 6. The SMILES string of the molecule is C[C@H](C(=O)SCCNC(=O)CCNC(=O)[C@H](O)C(C)(C)COP(=O)(O)OP(=O)(O)OC[C@H]1O[C@@H](n2cnc3c(N)ncnc32)[C@H](O)[C@@H]1OP(=O)(O)O)[C@H]1CC[C@H]2[C@@H]3CCC4=CC(=O)CC[C@]4(C)[C@H]3CC[C@]12C. The third kappa shape index (κ3) is 12.5. The van der Waals surface area contributed by atoms with Gasteiger partial charge >= 0.3 is 23.5 Å². The summed E-state index contributed by atoms with van der Waals surface area (Å²) in [5, 5.41) is 27.0. The lowest BCUT2D eigenvalue weighted by atomic mass is 9.46. The zero-order chi connectivity index (χ0) is 52.8. The molecule has 4 aliphatic carbocycles. The average molecular weight is 1090 g/mol. The van der Waals surface area contributed by atoms with Gasteiger partial charge in [-0.1, -0.05) is 52.0 Å². The number of nitrogens with zero attached hydrogens (tertiary/aromatic N) is 4. The van der Waals surface area contributed by atoms with Crippen molar-refractivity contribution in [1.82, 2.24) is 30.2 Å².